The van der Waals surface area contributed by atoms with E-state index < -0.39 is 73.0 Å². The smallest absolute Gasteiger partial charge is 0.303 e. The average Bonchev–Trinajstić information content (AvgIpc) is 4.15. The summed E-state index contributed by atoms with van der Waals surface area (Å²) in [4.78, 5) is 76.7. The van der Waals surface area contributed by atoms with Crippen molar-refractivity contribution in [2.45, 2.75) is 128 Å². The van der Waals surface area contributed by atoms with Crippen LogP contribution in [0.15, 0.2) is 22.9 Å². The van der Waals surface area contributed by atoms with E-state index in [1.54, 1.807) is 9.13 Å². The minimum Gasteiger partial charge on any atom is -0.455 e. The van der Waals surface area contributed by atoms with E-state index in [-0.39, 0.29) is 33.9 Å². The quantitative estimate of drug-likeness (QED) is 0.0582. The number of carbonyl (C=O) groups excluding carboxylic acids is 4. The summed E-state index contributed by atoms with van der Waals surface area (Å²) in [5.74, 6) is -1.14. The fourth-order valence-corrected chi connectivity index (χ4v) is 9.05. The standard InChI is InChI=1S/C38H48Cl2N18O10/c1-7-57-51-31(49-53-57)25-23(63-15(3)59)27(65-17(5)61)35(67-25)55-13-41-21-29(45-37(39)47-33(21)55)43-19-9-11-20(12-10-19)44-30-22-34(48-38(40)46-30)56(14-42-22)36-28(66-18(6)62)24(64-16(4)60)26(68-36)32-50-54-58(8-2)52-32/h13-14,19-20,23-28,35-36,53-54H,7-12H2,1-6H3,(H,49,51)(H,50,52)(H,43,45,47)(H,44,46,48)/t19-,20-,23-,24-,25+,26+,27-,28-,35-,36-/m1/s1. The van der Waals surface area contributed by atoms with E-state index in [1.165, 1.54) is 50.6 Å². The summed E-state index contributed by atoms with van der Waals surface area (Å²) < 4.78 is 38.8. The highest BCUT2D eigenvalue weighted by molar-refractivity contribution is 6.29. The molecule has 28 nitrogen and oxygen atoms in total. The van der Waals surface area contributed by atoms with Gasteiger partial charge in [0.25, 0.3) is 0 Å². The second kappa shape index (κ2) is 19.3. The van der Waals surface area contributed by atoms with Crippen LogP contribution in [0.3, 0.4) is 0 Å². The molecule has 8 heterocycles. The van der Waals surface area contributed by atoms with Gasteiger partial charge < -0.3 is 39.1 Å². The summed E-state index contributed by atoms with van der Waals surface area (Å²) in [6.07, 6.45) is -2.88. The number of amidine groups is 2. The Bertz CT molecular complexity index is 2480. The number of halogens is 2. The van der Waals surface area contributed by atoms with Gasteiger partial charge in [0.15, 0.2) is 94.7 Å². The van der Waals surface area contributed by atoms with E-state index in [2.05, 4.69) is 72.7 Å². The van der Waals surface area contributed by atoms with Gasteiger partial charge in [0, 0.05) is 39.8 Å². The molecular weight excluding hydrogens is 939 g/mol. The van der Waals surface area contributed by atoms with Gasteiger partial charge in [0.2, 0.25) is 10.6 Å². The molecule has 2 saturated heterocycles. The van der Waals surface area contributed by atoms with Crippen LogP contribution in [0.5, 0.6) is 0 Å². The van der Waals surface area contributed by atoms with Crippen molar-refractivity contribution >= 4 is 92.7 Å². The van der Waals surface area contributed by atoms with Crippen molar-refractivity contribution in [2.24, 2.45) is 10.2 Å². The molecule has 3 fully saturated rings. The van der Waals surface area contributed by atoms with Gasteiger partial charge in [-0.2, -0.15) is 19.9 Å². The Hall–Kier alpha value is -6.46. The third-order valence-corrected chi connectivity index (χ3v) is 11.9. The number of hydrazone groups is 2. The lowest BCUT2D eigenvalue weighted by atomic mass is 9.91. The molecule has 4 aliphatic heterocycles. The molecular formula is C38H48Cl2N18O10. The third kappa shape index (κ3) is 9.37. The number of hydrogen-bond acceptors (Lipinski definition) is 26. The predicted octanol–water partition coefficient (Wildman–Crippen LogP) is 0.946. The zero-order chi connectivity index (χ0) is 48.0. The van der Waals surface area contributed by atoms with E-state index in [4.69, 9.17) is 51.6 Å². The first-order chi connectivity index (χ1) is 32.7. The molecule has 8 atom stereocenters. The van der Waals surface area contributed by atoms with Crippen molar-refractivity contribution in [1.82, 2.24) is 71.2 Å². The third-order valence-electron chi connectivity index (χ3n) is 11.6. The maximum Gasteiger partial charge on any atom is 0.303 e. The first kappa shape index (κ1) is 46.6. The Morgan fingerprint density at radius 2 is 0.985 bits per heavy atom. The molecule has 9 rings (SSSR count). The van der Waals surface area contributed by atoms with Crippen LogP contribution < -0.4 is 32.6 Å². The van der Waals surface area contributed by atoms with Gasteiger partial charge in [0.1, 0.15) is 0 Å². The van der Waals surface area contributed by atoms with Crippen LogP contribution in [0.4, 0.5) is 11.6 Å². The highest BCUT2D eigenvalue weighted by atomic mass is 35.5. The van der Waals surface area contributed by atoms with E-state index in [1.807, 2.05) is 13.8 Å². The van der Waals surface area contributed by atoms with Crippen LogP contribution in [0, 0.1) is 0 Å². The lowest BCUT2D eigenvalue weighted by Crippen LogP contribution is -2.47. The molecule has 4 aromatic rings. The number of nitrogens with one attached hydrogen (secondary N) is 6. The number of nitrogens with zero attached hydrogens (tertiary/aromatic N) is 12. The molecule has 0 bridgehead atoms. The van der Waals surface area contributed by atoms with Crippen molar-refractivity contribution in [2.75, 3.05) is 23.7 Å². The molecule has 0 aromatic carbocycles. The first-order valence-corrected chi connectivity index (χ1v) is 22.5. The number of ether oxygens (including phenoxy) is 6. The van der Waals surface area contributed by atoms with Crippen LogP contribution in [0.1, 0.15) is 79.7 Å². The van der Waals surface area contributed by atoms with Gasteiger partial charge in [-0.1, -0.05) is 0 Å². The molecule has 0 amide bonds. The number of hydrazine groups is 4. The molecule has 68 heavy (non-hydrogen) atoms. The molecule has 6 N–H and O–H groups in total. The number of aromatic nitrogens is 8. The Labute approximate surface area is 396 Å². The number of fused-ring (bicyclic) bond motifs is 2. The first-order valence-electron chi connectivity index (χ1n) is 21.8. The Morgan fingerprint density at radius 1 is 0.618 bits per heavy atom. The number of anilines is 2. The molecule has 364 valence electrons. The number of carbonyl (C=O) groups is 4. The molecule has 0 unspecified atom stereocenters. The summed E-state index contributed by atoms with van der Waals surface area (Å²) in [5.41, 5.74) is 12.9. The largest absolute Gasteiger partial charge is 0.455 e. The lowest BCUT2D eigenvalue weighted by Gasteiger charge is -2.30. The van der Waals surface area contributed by atoms with Crippen molar-refractivity contribution in [3.63, 3.8) is 0 Å². The van der Waals surface area contributed by atoms with Gasteiger partial charge in [0.05, 0.1) is 25.7 Å². The number of rotatable bonds is 14. The van der Waals surface area contributed by atoms with E-state index in [0.717, 1.165) is 0 Å². The minimum atomic E-state index is -1.13. The monoisotopic (exact) mass is 986 g/mol. The Morgan fingerprint density at radius 3 is 1.32 bits per heavy atom. The van der Waals surface area contributed by atoms with Crippen molar-refractivity contribution < 1.29 is 47.6 Å². The number of hydrogen-bond donors (Lipinski definition) is 6. The summed E-state index contributed by atoms with van der Waals surface area (Å²) >= 11 is 13.1. The molecule has 0 radical (unpaired) electrons. The van der Waals surface area contributed by atoms with Crippen LogP contribution in [0.25, 0.3) is 22.3 Å². The van der Waals surface area contributed by atoms with Gasteiger partial charge in [-0.15, -0.1) is 21.3 Å². The Balaban J connectivity index is 0.915. The summed E-state index contributed by atoms with van der Waals surface area (Å²) in [6.45, 7) is 9.76. The van der Waals surface area contributed by atoms with Crippen LogP contribution in [-0.2, 0) is 47.6 Å². The second-order valence-electron chi connectivity index (χ2n) is 16.2. The van der Waals surface area contributed by atoms with Gasteiger partial charge in [-0.05, 0) is 62.7 Å². The molecule has 4 aromatic heterocycles. The van der Waals surface area contributed by atoms with Crippen molar-refractivity contribution in [3.05, 3.63) is 23.2 Å². The highest BCUT2D eigenvalue weighted by Gasteiger charge is 2.55. The fraction of sp³-hybridized carbons (Fsp3) is 0.579. The molecule has 5 aliphatic rings. The second-order valence-corrected chi connectivity index (χ2v) is 16.9. The summed E-state index contributed by atoms with van der Waals surface area (Å²) in [5, 5.41) is 18.8. The predicted molar refractivity (Wildman–Crippen MR) is 236 cm³/mol. The summed E-state index contributed by atoms with van der Waals surface area (Å²) in [7, 11) is 0. The van der Waals surface area contributed by atoms with Gasteiger partial charge >= 0.3 is 23.9 Å². The van der Waals surface area contributed by atoms with Crippen LogP contribution in [0.2, 0.25) is 10.6 Å². The molecule has 0 spiro atoms. The van der Waals surface area contributed by atoms with Crippen LogP contribution >= 0.6 is 23.2 Å². The van der Waals surface area contributed by atoms with E-state index >= 15 is 0 Å². The van der Waals surface area contributed by atoms with Crippen LogP contribution in [-0.4, -0.2) is 147 Å². The molecule has 1 saturated carbocycles. The average molecular weight is 988 g/mol. The Kier molecular flexibility index (Phi) is 13.2. The fourth-order valence-electron chi connectivity index (χ4n) is 8.72. The topological polar surface area (TPSA) is 314 Å². The maximum atomic E-state index is 12.4. The van der Waals surface area contributed by atoms with E-state index in [0.29, 0.717) is 73.1 Å². The van der Waals surface area contributed by atoms with Gasteiger partial charge in [-0.3, -0.25) is 39.2 Å². The van der Waals surface area contributed by atoms with Crippen molar-refractivity contribution in [3.8, 4) is 0 Å². The van der Waals surface area contributed by atoms with E-state index in [9.17, 15) is 19.2 Å². The lowest BCUT2D eigenvalue weighted by molar-refractivity contribution is -0.165. The SMILES string of the molecule is CCN1N=C([C@H]2O[C@@H](n3cnc4c(N[C@H]5CC[C@H](Nc6nc(Cl)nc7c6ncn7[C@@H]6O[C@H](C7=NN(CC)NN7)[C@@H](OC(C)=O)[C@H]6OC(C)=O)CC5)nc(Cl)nc43)[C@H](OC(C)=O)[C@@H]2OC(C)=O)NN1. The number of esters is 4. The minimum absolute atomic E-state index is 0.0651. The molecule has 1 aliphatic carbocycles. The highest BCUT2D eigenvalue weighted by Crippen LogP contribution is 2.40. The van der Waals surface area contributed by atoms with Gasteiger partial charge in [-0.25, -0.2) is 20.2 Å². The normalized spacial score (nSPS) is 27.9. The zero-order valence-corrected chi connectivity index (χ0v) is 38.9. The maximum absolute atomic E-state index is 12.4. The zero-order valence-electron chi connectivity index (χ0n) is 37.4. The summed E-state index contributed by atoms with van der Waals surface area (Å²) in [6, 6.07) is -0.130. The number of imidazole rings is 2. The molecule has 30 heteroatoms. The van der Waals surface area contributed by atoms with Crippen molar-refractivity contribution in [1.29, 1.82) is 0 Å².